The van der Waals surface area contributed by atoms with E-state index in [2.05, 4.69) is 9.97 Å². The number of aromatic nitrogens is 2. The van der Waals surface area contributed by atoms with Crippen molar-refractivity contribution < 1.29 is 19.4 Å². The molecule has 0 spiro atoms. The summed E-state index contributed by atoms with van der Waals surface area (Å²) in [5, 5.41) is 21.3. The first kappa shape index (κ1) is 22.9. The molecule has 3 aromatic rings. The highest BCUT2D eigenvalue weighted by Gasteiger charge is 2.28. The number of hydrogen-bond donors (Lipinski definition) is 2. The maximum atomic E-state index is 14.6. The van der Waals surface area contributed by atoms with Gasteiger partial charge in [-0.3, -0.25) is 4.79 Å². The molecule has 4 rings (SSSR count). The van der Waals surface area contributed by atoms with E-state index >= 15 is 0 Å². The van der Waals surface area contributed by atoms with Crippen LogP contribution in [0.4, 0.5) is 10.2 Å². The van der Waals surface area contributed by atoms with E-state index in [9.17, 15) is 19.4 Å². The second-order valence-corrected chi connectivity index (χ2v) is 8.98. The van der Waals surface area contributed by atoms with Gasteiger partial charge in [0.15, 0.2) is 5.82 Å². The quantitative estimate of drug-likeness (QED) is 0.616. The van der Waals surface area contributed by atoms with Gasteiger partial charge in [0.25, 0.3) is 5.91 Å². The number of hydrogen-bond acceptors (Lipinski definition) is 6. The Balaban J connectivity index is 1.66. The maximum Gasteiger partial charge on any atom is 0.251 e. The number of carbonyl (C=O) groups is 1. The highest BCUT2D eigenvalue weighted by atomic mass is 19.1. The van der Waals surface area contributed by atoms with E-state index in [-0.39, 0.29) is 29.0 Å². The summed E-state index contributed by atoms with van der Waals surface area (Å²) in [5.41, 5.74) is 1.63. The van der Waals surface area contributed by atoms with E-state index in [1.54, 1.807) is 4.90 Å². The molecule has 2 N–H and O–H groups in total. The summed E-state index contributed by atoms with van der Waals surface area (Å²) in [6.45, 7) is 7.83. The number of halogens is 1. The summed E-state index contributed by atoms with van der Waals surface area (Å²) in [5.74, 6) is -0.0835. The van der Waals surface area contributed by atoms with Gasteiger partial charge in [0.2, 0.25) is 0 Å². The molecule has 1 amide bonds. The SMILES string of the molecule is Cc1ccc2c(N3CCN(C(=O)[C@H](O)CC(C)C)CC3)nc(-c3c(O)cccc3F)nc2c1. The Morgan fingerprint density at radius 1 is 1.12 bits per heavy atom. The summed E-state index contributed by atoms with van der Waals surface area (Å²) in [4.78, 5) is 25.5. The van der Waals surface area contributed by atoms with Crippen molar-refractivity contribution in [2.75, 3.05) is 31.1 Å². The van der Waals surface area contributed by atoms with Crippen molar-refractivity contribution in [1.82, 2.24) is 14.9 Å². The standard InChI is InChI=1S/C25H29FN4O3/c1-15(2)13-21(32)25(33)30-11-9-29(10-12-30)24-17-8-7-16(3)14-19(17)27-23(28-24)22-18(26)5-4-6-20(22)31/h4-8,14-15,21,31-32H,9-13H2,1-3H3/t21-/m1/s1. The van der Waals surface area contributed by atoms with Crippen LogP contribution in [0.1, 0.15) is 25.8 Å². The molecule has 0 saturated carbocycles. The Labute approximate surface area is 192 Å². The molecule has 1 aliphatic heterocycles. The maximum absolute atomic E-state index is 14.6. The van der Waals surface area contributed by atoms with E-state index in [4.69, 9.17) is 0 Å². The number of fused-ring (bicyclic) bond motifs is 1. The number of aliphatic hydroxyl groups excluding tert-OH is 1. The highest BCUT2D eigenvalue weighted by Crippen LogP contribution is 2.34. The first-order valence-corrected chi connectivity index (χ1v) is 11.2. The number of phenols is 1. The van der Waals surface area contributed by atoms with Crippen molar-refractivity contribution in [2.24, 2.45) is 5.92 Å². The van der Waals surface area contributed by atoms with Crippen LogP contribution in [-0.4, -0.2) is 63.3 Å². The minimum atomic E-state index is -0.991. The van der Waals surface area contributed by atoms with Crippen molar-refractivity contribution in [3.05, 3.63) is 47.8 Å². The number of phenolic OH excluding ortho intramolecular Hbond substituents is 1. The zero-order valence-corrected chi connectivity index (χ0v) is 19.1. The lowest BCUT2D eigenvalue weighted by atomic mass is 10.0. The van der Waals surface area contributed by atoms with Crippen molar-refractivity contribution in [1.29, 1.82) is 0 Å². The zero-order chi connectivity index (χ0) is 23.7. The van der Waals surface area contributed by atoms with Gasteiger partial charge in [-0.2, -0.15) is 0 Å². The number of piperazine rings is 1. The third kappa shape index (κ3) is 4.75. The van der Waals surface area contributed by atoms with Gasteiger partial charge in [-0.25, -0.2) is 14.4 Å². The van der Waals surface area contributed by atoms with E-state index in [1.165, 1.54) is 18.2 Å². The van der Waals surface area contributed by atoms with Gasteiger partial charge in [0.1, 0.15) is 23.5 Å². The fraction of sp³-hybridized carbons (Fsp3) is 0.400. The number of aliphatic hydroxyl groups is 1. The highest BCUT2D eigenvalue weighted by molar-refractivity contribution is 5.92. The van der Waals surface area contributed by atoms with E-state index < -0.39 is 11.9 Å². The molecule has 1 aromatic heterocycles. The van der Waals surface area contributed by atoms with Crippen LogP contribution in [0.25, 0.3) is 22.3 Å². The zero-order valence-electron chi connectivity index (χ0n) is 19.1. The Kier molecular flexibility index (Phi) is 6.47. The van der Waals surface area contributed by atoms with Gasteiger partial charge in [-0.05, 0) is 49.1 Å². The number of rotatable bonds is 5. The molecular formula is C25H29FN4O3. The molecule has 0 bridgehead atoms. The summed E-state index contributed by atoms with van der Waals surface area (Å²) in [6.07, 6.45) is -0.556. The molecule has 174 valence electrons. The molecule has 33 heavy (non-hydrogen) atoms. The van der Waals surface area contributed by atoms with E-state index in [0.29, 0.717) is 43.9 Å². The largest absolute Gasteiger partial charge is 0.507 e. The van der Waals surface area contributed by atoms with Crippen molar-refractivity contribution in [3.63, 3.8) is 0 Å². The Morgan fingerprint density at radius 3 is 2.52 bits per heavy atom. The minimum Gasteiger partial charge on any atom is -0.507 e. The number of nitrogens with zero attached hydrogens (tertiary/aromatic N) is 4. The molecule has 0 aliphatic carbocycles. The van der Waals surface area contributed by atoms with E-state index in [0.717, 1.165) is 10.9 Å². The van der Waals surface area contributed by atoms with E-state index in [1.807, 2.05) is 43.9 Å². The molecule has 2 heterocycles. The number of amides is 1. The number of benzene rings is 2. The second-order valence-electron chi connectivity index (χ2n) is 8.98. The smallest absolute Gasteiger partial charge is 0.251 e. The van der Waals surface area contributed by atoms with Gasteiger partial charge in [0.05, 0.1) is 11.1 Å². The molecular weight excluding hydrogens is 423 g/mol. The molecule has 0 unspecified atom stereocenters. The number of aromatic hydroxyl groups is 1. The summed E-state index contributed by atoms with van der Waals surface area (Å²) >= 11 is 0. The van der Waals surface area contributed by atoms with Crippen LogP contribution in [0.2, 0.25) is 0 Å². The van der Waals surface area contributed by atoms with Gasteiger partial charge in [0, 0.05) is 31.6 Å². The average Bonchev–Trinajstić information content (AvgIpc) is 2.77. The predicted molar refractivity (Wildman–Crippen MR) is 126 cm³/mol. The molecule has 7 nitrogen and oxygen atoms in total. The molecule has 2 aromatic carbocycles. The molecule has 1 atom stereocenters. The fourth-order valence-electron chi connectivity index (χ4n) is 4.21. The summed E-state index contributed by atoms with van der Waals surface area (Å²) < 4.78 is 14.6. The lowest BCUT2D eigenvalue weighted by Crippen LogP contribution is -2.52. The third-order valence-corrected chi connectivity index (χ3v) is 5.92. The molecule has 1 fully saturated rings. The fourth-order valence-corrected chi connectivity index (χ4v) is 4.21. The van der Waals surface area contributed by atoms with Crippen LogP contribution in [-0.2, 0) is 4.79 Å². The van der Waals surface area contributed by atoms with Crippen LogP contribution in [0.3, 0.4) is 0 Å². The minimum absolute atomic E-state index is 0.0345. The first-order chi connectivity index (χ1) is 15.7. The monoisotopic (exact) mass is 452 g/mol. The molecule has 0 radical (unpaired) electrons. The Hall–Kier alpha value is -3.26. The van der Waals surface area contributed by atoms with Gasteiger partial charge in [-0.15, -0.1) is 0 Å². The van der Waals surface area contributed by atoms with Crippen LogP contribution >= 0.6 is 0 Å². The van der Waals surface area contributed by atoms with Crippen LogP contribution < -0.4 is 4.90 Å². The number of aryl methyl sites for hydroxylation is 1. The normalized spacial score (nSPS) is 15.3. The second kappa shape index (κ2) is 9.31. The van der Waals surface area contributed by atoms with Gasteiger partial charge in [-0.1, -0.05) is 26.0 Å². The number of carbonyl (C=O) groups excluding carboxylic acids is 1. The lowest BCUT2D eigenvalue weighted by Gasteiger charge is -2.37. The van der Waals surface area contributed by atoms with Crippen molar-refractivity contribution >= 4 is 22.6 Å². The molecule has 1 saturated heterocycles. The van der Waals surface area contributed by atoms with Gasteiger partial charge < -0.3 is 20.0 Å². The lowest BCUT2D eigenvalue weighted by molar-refractivity contribution is -0.141. The third-order valence-electron chi connectivity index (χ3n) is 5.92. The Morgan fingerprint density at radius 2 is 1.85 bits per heavy atom. The van der Waals surface area contributed by atoms with Crippen LogP contribution in [0.15, 0.2) is 36.4 Å². The van der Waals surface area contributed by atoms with Crippen LogP contribution in [0, 0.1) is 18.7 Å². The number of anilines is 1. The van der Waals surface area contributed by atoms with Gasteiger partial charge >= 0.3 is 0 Å². The Bertz CT molecular complexity index is 1160. The topological polar surface area (TPSA) is 89.8 Å². The molecule has 1 aliphatic rings. The predicted octanol–water partition coefficient (Wildman–Crippen LogP) is 3.51. The summed E-state index contributed by atoms with van der Waals surface area (Å²) in [6, 6.07) is 9.93. The van der Waals surface area contributed by atoms with Crippen molar-refractivity contribution in [3.8, 4) is 17.1 Å². The van der Waals surface area contributed by atoms with Crippen molar-refractivity contribution in [2.45, 2.75) is 33.3 Å². The average molecular weight is 453 g/mol. The molecule has 8 heteroatoms. The summed E-state index contributed by atoms with van der Waals surface area (Å²) in [7, 11) is 0. The first-order valence-electron chi connectivity index (χ1n) is 11.2. The van der Waals surface area contributed by atoms with Crippen LogP contribution in [0.5, 0.6) is 5.75 Å².